The zero-order valence-corrected chi connectivity index (χ0v) is 13.1. The molecule has 22 heavy (non-hydrogen) atoms. The van der Waals surface area contributed by atoms with Crippen molar-refractivity contribution < 1.29 is 19.1 Å². The van der Waals surface area contributed by atoms with E-state index in [1.165, 1.54) is 12.7 Å². The van der Waals surface area contributed by atoms with Gasteiger partial charge in [0.1, 0.15) is 5.60 Å². The van der Waals surface area contributed by atoms with E-state index in [4.69, 9.17) is 9.47 Å². The Morgan fingerprint density at radius 2 is 2.05 bits per heavy atom. The molecule has 1 aromatic rings. The first-order valence-electron chi connectivity index (χ1n) is 7.52. The Morgan fingerprint density at radius 1 is 1.36 bits per heavy atom. The van der Waals surface area contributed by atoms with Gasteiger partial charge in [-0.25, -0.2) is 0 Å². The number of benzene rings is 1. The van der Waals surface area contributed by atoms with Crippen molar-refractivity contribution in [2.45, 2.75) is 25.0 Å². The van der Waals surface area contributed by atoms with Gasteiger partial charge in [0.05, 0.1) is 7.11 Å². The number of carbonyl (C=O) groups is 2. The number of carbonyl (C=O) groups excluding carboxylic acids is 2. The summed E-state index contributed by atoms with van der Waals surface area (Å²) in [5.74, 6) is -1.92. The second kappa shape index (κ2) is 5.39. The summed E-state index contributed by atoms with van der Waals surface area (Å²) < 4.78 is 10.4. The van der Waals surface area contributed by atoms with Gasteiger partial charge in [0, 0.05) is 18.5 Å². The highest BCUT2D eigenvalue weighted by atomic mass is 16.6. The van der Waals surface area contributed by atoms with Gasteiger partial charge < -0.3 is 9.47 Å². The zero-order chi connectivity index (χ0) is 15.9. The molecule has 0 N–H and O–H groups in total. The molecule has 4 atom stereocenters. The van der Waals surface area contributed by atoms with Crippen LogP contribution in [0.1, 0.15) is 24.9 Å². The van der Waals surface area contributed by atoms with Crippen LogP contribution in [0.4, 0.5) is 0 Å². The maximum Gasteiger partial charge on any atom is 0.321 e. The first-order valence-corrected chi connectivity index (χ1v) is 7.52. The topological polar surface area (TPSA) is 55.8 Å². The maximum atomic E-state index is 12.2. The molecule has 5 nitrogen and oxygen atoms in total. The van der Waals surface area contributed by atoms with Crippen molar-refractivity contribution in [1.29, 1.82) is 0 Å². The number of hydrogen-bond acceptors (Lipinski definition) is 5. The second-order valence-corrected chi connectivity index (χ2v) is 6.42. The summed E-state index contributed by atoms with van der Waals surface area (Å²) in [6, 6.07) is 10.3. The molecule has 2 aliphatic rings. The van der Waals surface area contributed by atoms with Gasteiger partial charge in [0.15, 0.2) is 5.92 Å². The molecule has 0 amide bonds. The summed E-state index contributed by atoms with van der Waals surface area (Å²) in [6.45, 7) is 2.52. The third-order valence-corrected chi connectivity index (χ3v) is 4.99. The lowest BCUT2D eigenvalue weighted by atomic mass is 9.73. The molecule has 0 unspecified atom stereocenters. The number of ether oxygens (including phenoxy) is 2. The SMILES string of the molecule is COC(=O)[C@@H]1C(=O)O[C@]2(C)CN(C)[C@@H](c3ccccc3)C[C@H]12. The number of likely N-dealkylation sites (tertiary alicyclic amines) is 1. The summed E-state index contributed by atoms with van der Waals surface area (Å²) in [5, 5.41) is 0. The number of fused-ring (bicyclic) bond motifs is 1. The standard InChI is InChI=1S/C17H21NO4/c1-17-10-18(2)13(11-7-5-4-6-8-11)9-12(17)14(15(19)21-3)16(20)22-17/h4-8,12-14H,9-10H2,1-3H3/t12-,13-,14-,17-/m1/s1. The average Bonchev–Trinajstić information content (AvgIpc) is 2.75. The summed E-state index contributed by atoms with van der Waals surface area (Å²) in [7, 11) is 3.34. The minimum absolute atomic E-state index is 0.158. The number of methoxy groups -OCH3 is 1. The van der Waals surface area contributed by atoms with E-state index in [9.17, 15) is 9.59 Å². The van der Waals surface area contributed by atoms with Crippen LogP contribution in [0, 0.1) is 11.8 Å². The second-order valence-electron chi connectivity index (χ2n) is 6.42. The number of rotatable bonds is 2. The van der Waals surface area contributed by atoms with Crippen LogP contribution < -0.4 is 0 Å². The van der Waals surface area contributed by atoms with Crippen LogP contribution in [-0.4, -0.2) is 43.1 Å². The number of likely N-dealkylation sites (N-methyl/N-ethyl adjacent to an activating group) is 1. The summed E-state index contributed by atoms with van der Waals surface area (Å²) in [6.07, 6.45) is 0.697. The van der Waals surface area contributed by atoms with Gasteiger partial charge in [-0.3, -0.25) is 14.5 Å². The predicted octanol–water partition coefficient (Wildman–Crippen LogP) is 1.78. The molecule has 3 rings (SSSR count). The summed E-state index contributed by atoms with van der Waals surface area (Å²) in [5.41, 5.74) is 0.561. The fraction of sp³-hybridized carbons (Fsp3) is 0.529. The van der Waals surface area contributed by atoms with Gasteiger partial charge in [-0.15, -0.1) is 0 Å². The Bertz CT molecular complexity index is 588. The number of esters is 2. The summed E-state index contributed by atoms with van der Waals surface area (Å²) >= 11 is 0. The van der Waals surface area contributed by atoms with Crippen LogP contribution in [-0.2, 0) is 19.1 Å². The molecule has 2 fully saturated rings. The van der Waals surface area contributed by atoms with Gasteiger partial charge >= 0.3 is 11.9 Å². The maximum absolute atomic E-state index is 12.2. The Hall–Kier alpha value is -1.88. The Balaban J connectivity index is 1.92. The van der Waals surface area contributed by atoms with Crippen LogP contribution in [0.25, 0.3) is 0 Å². The smallest absolute Gasteiger partial charge is 0.321 e. The van der Waals surface area contributed by atoms with Crippen molar-refractivity contribution in [1.82, 2.24) is 4.90 Å². The van der Waals surface area contributed by atoms with E-state index in [2.05, 4.69) is 17.0 Å². The number of piperidine rings is 1. The van der Waals surface area contributed by atoms with E-state index in [-0.39, 0.29) is 12.0 Å². The first-order chi connectivity index (χ1) is 10.5. The Morgan fingerprint density at radius 3 is 2.68 bits per heavy atom. The minimum Gasteiger partial charge on any atom is -0.468 e. The Labute approximate surface area is 130 Å². The molecule has 0 aliphatic carbocycles. The predicted molar refractivity (Wildman–Crippen MR) is 79.9 cm³/mol. The fourth-order valence-electron chi connectivity index (χ4n) is 3.90. The quantitative estimate of drug-likeness (QED) is 0.616. The molecule has 0 bridgehead atoms. The molecule has 2 saturated heterocycles. The average molecular weight is 303 g/mol. The minimum atomic E-state index is -0.810. The molecule has 0 radical (unpaired) electrons. The van der Waals surface area contributed by atoms with Crippen LogP contribution in [0.15, 0.2) is 30.3 Å². The largest absolute Gasteiger partial charge is 0.468 e. The van der Waals surface area contributed by atoms with Crippen molar-refractivity contribution in [2.75, 3.05) is 20.7 Å². The lowest BCUT2D eigenvalue weighted by Crippen LogP contribution is -2.51. The van der Waals surface area contributed by atoms with E-state index in [1.807, 2.05) is 32.2 Å². The number of hydrogen-bond donors (Lipinski definition) is 0. The molecule has 2 heterocycles. The Kier molecular flexibility index (Phi) is 3.68. The van der Waals surface area contributed by atoms with Gasteiger partial charge in [-0.05, 0) is 26.0 Å². The number of nitrogens with zero attached hydrogens (tertiary/aromatic N) is 1. The van der Waals surface area contributed by atoms with Crippen LogP contribution in [0.2, 0.25) is 0 Å². The van der Waals surface area contributed by atoms with E-state index in [0.29, 0.717) is 13.0 Å². The third kappa shape index (κ3) is 2.29. The molecule has 0 aromatic heterocycles. The van der Waals surface area contributed by atoms with Crippen LogP contribution in [0.5, 0.6) is 0 Å². The molecule has 0 spiro atoms. The van der Waals surface area contributed by atoms with Crippen LogP contribution in [0.3, 0.4) is 0 Å². The highest BCUT2D eigenvalue weighted by Gasteiger charge is 2.59. The van der Waals surface area contributed by atoms with Gasteiger partial charge in [-0.2, -0.15) is 0 Å². The molecular formula is C17H21NO4. The van der Waals surface area contributed by atoms with Gasteiger partial charge in [-0.1, -0.05) is 30.3 Å². The van der Waals surface area contributed by atoms with Crippen molar-refractivity contribution in [3.8, 4) is 0 Å². The van der Waals surface area contributed by atoms with Gasteiger partial charge in [0.2, 0.25) is 0 Å². The molecule has 118 valence electrons. The van der Waals surface area contributed by atoms with Crippen molar-refractivity contribution in [3.05, 3.63) is 35.9 Å². The molecule has 0 saturated carbocycles. The van der Waals surface area contributed by atoms with Crippen LogP contribution >= 0.6 is 0 Å². The molecular weight excluding hydrogens is 282 g/mol. The normalized spacial score (nSPS) is 34.9. The van der Waals surface area contributed by atoms with Crippen molar-refractivity contribution in [2.24, 2.45) is 11.8 Å². The fourth-order valence-corrected chi connectivity index (χ4v) is 3.90. The highest BCUT2D eigenvalue weighted by Crippen LogP contribution is 2.48. The molecule has 2 aliphatic heterocycles. The molecule has 1 aromatic carbocycles. The zero-order valence-electron chi connectivity index (χ0n) is 13.1. The molecule has 5 heteroatoms. The van der Waals surface area contributed by atoms with Crippen molar-refractivity contribution >= 4 is 11.9 Å². The van der Waals surface area contributed by atoms with E-state index < -0.39 is 23.5 Å². The first kappa shape index (κ1) is 15.0. The van der Waals surface area contributed by atoms with E-state index in [0.717, 1.165) is 0 Å². The third-order valence-electron chi connectivity index (χ3n) is 4.99. The summed E-state index contributed by atoms with van der Waals surface area (Å²) in [4.78, 5) is 26.4. The van der Waals surface area contributed by atoms with E-state index >= 15 is 0 Å². The van der Waals surface area contributed by atoms with Gasteiger partial charge in [0.25, 0.3) is 0 Å². The van der Waals surface area contributed by atoms with E-state index in [1.54, 1.807) is 0 Å². The monoisotopic (exact) mass is 303 g/mol. The highest BCUT2D eigenvalue weighted by molar-refractivity contribution is 5.97. The lowest BCUT2D eigenvalue weighted by Gasteiger charge is -2.44. The lowest BCUT2D eigenvalue weighted by molar-refractivity contribution is -0.157. The van der Waals surface area contributed by atoms with Crippen molar-refractivity contribution in [3.63, 3.8) is 0 Å².